The van der Waals surface area contributed by atoms with Gasteiger partial charge in [-0.25, -0.2) is 4.98 Å². The summed E-state index contributed by atoms with van der Waals surface area (Å²) < 4.78 is 1.86. The lowest BCUT2D eigenvalue weighted by Gasteiger charge is -2.12. The largest absolute Gasteiger partial charge is 0.397 e. The van der Waals surface area contributed by atoms with Gasteiger partial charge in [0.25, 0.3) is 0 Å². The molecule has 0 saturated heterocycles. The first kappa shape index (κ1) is 11.2. The van der Waals surface area contributed by atoms with Crippen molar-refractivity contribution in [3.63, 3.8) is 0 Å². The van der Waals surface area contributed by atoms with E-state index >= 15 is 0 Å². The molecule has 0 aliphatic rings. The number of anilines is 2. The molecule has 1 amide bonds. The predicted octanol–water partition coefficient (Wildman–Crippen LogP) is 1.72. The van der Waals surface area contributed by atoms with Gasteiger partial charge in [0, 0.05) is 25.0 Å². The first-order chi connectivity index (χ1) is 8.08. The zero-order valence-corrected chi connectivity index (χ0v) is 9.77. The smallest absolute Gasteiger partial charge is 0.221 e. The van der Waals surface area contributed by atoms with Crippen molar-refractivity contribution in [3.8, 4) is 5.69 Å². The molecule has 5 heteroatoms. The van der Waals surface area contributed by atoms with Crippen LogP contribution in [-0.4, -0.2) is 15.5 Å². The maximum atomic E-state index is 11.0. The number of nitrogen functional groups attached to an aromatic ring is 1. The van der Waals surface area contributed by atoms with E-state index in [1.165, 1.54) is 6.92 Å². The molecular weight excluding hydrogens is 216 g/mol. The molecule has 0 fully saturated rings. The number of amides is 1. The lowest BCUT2D eigenvalue weighted by Crippen LogP contribution is -2.10. The van der Waals surface area contributed by atoms with E-state index in [1.54, 1.807) is 18.6 Å². The van der Waals surface area contributed by atoms with Crippen LogP contribution in [-0.2, 0) is 4.79 Å². The minimum atomic E-state index is -0.129. The molecule has 2 aromatic rings. The van der Waals surface area contributed by atoms with Gasteiger partial charge in [0.05, 0.1) is 17.7 Å². The lowest BCUT2D eigenvalue weighted by atomic mass is 10.1. The van der Waals surface area contributed by atoms with Crippen LogP contribution in [0.2, 0.25) is 0 Å². The Bertz CT molecular complexity index is 523. The van der Waals surface area contributed by atoms with E-state index in [-0.39, 0.29) is 5.91 Å². The third kappa shape index (κ3) is 2.28. The van der Waals surface area contributed by atoms with Gasteiger partial charge in [-0.3, -0.25) is 4.79 Å². The topological polar surface area (TPSA) is 72.9 Å². The molecule has 88 valence electrons. The van der Waals surface area contributed by atoms with Crippen molar-refractivity contribution in [1.82, 2.24) is 9.55 Å². The Labute approximate surface area is 99.3 Å². The van der Waals surface area contributed by atoms with Gasteiger partial charge in [0.2, 0.25) is 5.91 Å². The molecule has 0 atom stereocenters. The zero-order chi connectivity index (χ0) is 12.4. The van der Waals surface area contributed by atoms with Crippen molar-refractivity contribution in [1.29, 1.82) is 0 Å². The van der Waals surface area contributed by atoms with Crippen LogP contribution in [0.1, 0.15) is 12.5 Å². The maximum Gasteiger partial charge on any atom is 0.221 e. The van der Waals surface area contributed by atoms with E-state index in [1.807, 2.05) is 23.8 Å². The summed E-state index contributed by atoms with van der Waals surface area (Å²) in [6, 6.07) is 3.75. The number of nitrogens with two attached hydrogens (primary N) is 1. The second-order valence-electron chi connectivity index (χ2n) is 3.88. The Morgan fingerprint density at radius 3 is 2.76 bits per heavy atom. The van der Waals surface area contributed by atoms with Gasteiger partial charge < -0.3 is 15.6 Å². The van der Waals surface area contributed by atoms with Gasteiger partial charge in [-0.1, -0.05) is 0 Å². The van der Waals surface area contributed by atoms with E-state index in [0.717, 1.165) is 11.3 Å². The second-order valence-corrected chi connectivity index (χ2v) is 3.88. The summed E-state index contributed by atoms with van der Waals surface area (Å²) in [5.74, 6) is -0.129. The highest BCUT2D eigenvalue weighted by Crippen LogP contribution is 2.26. The molecule has 0 aliphatic heterocycles. The molecule has 0 unspecified atom stereocenters. The first-order valence-corrected chi connectivity index (χ1v) is 5.24. The van der Waals surface area contributed by atoms with Crippen LogP contribution in [0.25, 0.3) is 5.69 Å². The third-order valence-corrected chi connectivity index (χ3v) is 2.45. The number of benzene rings is 1. The normalized spacial score (nSPS) is 10.2. The molecule has 1 aromatic heterocycles. The molecule has 0 aliphatic carbocycles. The van der Waals surface area contributed by atoms with Crippen LogP contribution in [0.4, 0.5) is 11.4 Å². The van der Waals surface area contributed by atoms with Crippen LogP contribution in [0.3, 0.4) is 0 Å². The minimum absolute atomic E-state index is 0.129. The number of rotatable bonds is 2. The van der Waals surface area contributed by atoms with Crippen molar-refractivity contribution in [2.75, 3.05) is 11.1 Å². The molecule has 0 spiro atoms. The van der Waals surface area contributed by atoms with E-state index in [4.69, 9.17) is 5.73 Å². The highest BCUT2D eigenvalue weighted by Gasteiger charge is 2.07. The number of carbonyl (C=O) groups is 1. The molecule has 0 bridgehead atoms. The highest BCUT2D eigenvalue weighted by molar-refractivity contribution is 5.93. The summed E-state index contributed by atoms with van der Waals surface area (Å²) in [5, 5.41) is 2.73. The Balaban J connectivity index is 2.45. The average Bonchev–Trinajstić information content (AvgIpc) is 2.76. The standard InChI is InChI=1S/C12H14N4O/c1-8-5-10(16-4-3-14-7-16)6-11(13)12(8)15-9(2)17/h3-7H,13H2,1-2H3,(H,15,17). The van der Waals surface area contributed by atoms with Crippen molar-refractivity contribution in [3.05, 3.63) is 36.4 Å². The van der Waals surface area contributed by atoms with Crippen LogP contribution in [0.5, 0.6) is 0 Å². The number of aryl methyl sites for hydroxylation is 1. The number of nitrogens with zero attached hydrogens (tertiary/aromatic N) is 2. The first-order valence-electron chi connectivity index (χ1n) is 5.24. The summed E-state index contributed by atoms with van der Waals surface area (Å²) in [7, 11) is 0. The molecule has 17 heavy (non-hydrogen) atoms. The lowest BCUT2D eigenvalue weighted by molar-refractivity contribution is -0.114. The Morgan fingerprint density at radius 1 is 1.47 bits per heavy atom. The molecule has 1 aromatic carbocycles. The SMILES string of the molecule is CC(=O)Nc1c(C)cc(-n2ccnc2)cc1N. The van der Waals surface area contributed by atoms with Crippen LogP contribution >= 0.6 is 0 Å². The van der Waals surface area contributed by atoms with Crippen molar-refractivity contribution < 1.29 is 4.79 Å². The second kappa shape index (κ2) is 4.29. The molecule has 2 rings (SSSR count). The monoisotopic (exact) mass is 230 g/mol. The highest BCUT2D eigenvalue weighted by atomic mass is 16.1. The number of aromatic nitrogens is 2. The summed E-state index contributed by atoms with van der Waals surface area (Å²) in [6.07, 6.45) is 5.24. The predicted molar refractivity (Wildman–Crippen MR) is 67.0 cm³/mol. The van der Waals surface area contributed by atoms with E-state index in [9.17, 15) is 4.79 Å². The van der Waals surface area contributed by atoms with E-state index in [0.29, 0.717) is 11.4 Å². The summed E-state index contributed by atoms with van der Waals surface area (Å²) in [4.78, 5) is 15.0. The summed E-state index contributed by atoms with van der Waals surface area (Å²) in [6.45, 7) is 3.37. The van der Waals surface area contributed by atoms with Gasteiger partial charge in [-0.05, 0) is 24.6 Å². The number of carbonyl (C=O) groups excluding carboxylic acids is 1. The fourth-order valence-electron chi connectivity index (χ4n) is 1.70. The van der Waals surface area contributed by atoms with Gasteiger partial charge in [0.15, 0.2) is 0 Å². The Hall–Kier alpha value is -2.30. The van der Waals surface area contributed by atoms with E-state index in [2.05, 4.69) is 10.3 Å². The third-order valence-electron chi connectivity index (χ3n) is 2.45. The Kier molecular flexibility index (Phi) is 2.82. The molecule has 0 saturated carbocycles. The fraction of sp³-hybridized carbons (Fsp3) is 0.167. The van der Waals surface area contributed by atoms with Crippen LogP contribution in [0.15, 0.2) is 30.9 Å². The van der Waals surface area contributed by atoms with Crippen molar-refractivity contribution in [2.45, 2.75) is 13.8 Å². The minimum Gasteiger partial charge on any atom is -0.397 e. The number of hydrogen-bond acceptors (Lipinski definition) is 3. The number of imidazole rings is 1. The van der Waals surface area contributed by atoms with Crippen LogP contribution in [0, 0.1) is 6.92 Å². The van der Waals surface area contributed by atoms with Gasteiger partial charge in [0.1, 0.15) is 0 Å². The molecule has 5 nitrogen and oxygen atoms in total. The molecular formula is C12H14N4O. The molecule has 3 N–H and O–H groups in total. The van der Waals surface area contributed by atoms with Crippen molar-refractivity contribution >= 4 is 17.3 Å². The number of hydrogen-bond donors (Lipinski definition) is 2. The molecule has 1 heterocycles. The summed E-state index contributed by atoms with van der Waals surface area (Å²) in [5.41, 5.74) is 8.98. The summed E-state index contributed by atoms with van der Waals surface area (Å²) >= 11 is 0. The molecule has 0 radical (unpaired) electrons. The van der Waals surface area contributed by atoms with Crippen molar-refractivity contribution in [2.24, 2.45) is 0 Å². The van der Waals surface area contributed by atoms with E-state index < -0.39 is 0 Å². The Morgan fingerprint density at radius 2 is 2.24 bits per heavy atom. The quantitative estimate of drug-likeness (QED) is 0.771. The maximum absolute atomic E-state index is 11.0. The van der Waals surface area contributed by atoms with Gasteiger partial charge in [-0.15, -0.1) is 0 Å². The number of nitrogens with one attached hydrogen (secondary N) is 1. The van der Waals surface area contributed by atoms with Gasteiger partial charge >= 0.3 is 0 Å². The van der Waals surface area contributed by atoms with Gasteiger partial charge in [-0.2, -0.15) is 0 Å². The zero-order valence-electron chi connectivity index (χ0n) is 9.77. The van der Waals surface area contributed by atoms with Crippen LogP contribution < -0.4 is 11.1 Å². The average molecular weight is 230 g/mol. The fourth-order valence-corrected chi connectivity index (χ4v) is 1.70.